The van der Waals surface area contributed by atoms with Crippen LogP contribution in [0.3, 0.4) is 0 Å². The average Bonchev–Trinajstić information content (AvgIpc) is 2.49. The minimum Gasteiger partial charge on any atom is -0.312 e. The molecule has 1 aliphatic heterocycles. The van der Waals surface area contributed by atoms with Crippen LogP contribution in [0.1, 0.15) is 18.4 Å². The zero-order valence-corrected chi connectivity index (χ0v) is 12.0. The maximum Gasteiger partial charge on any atom is 0.0346 e. The zero-order chi connectivity index (χ0) is 12.9. The summed E-state index contributed by atoms with van der Waals surface area (Å²) in [6.07, 6.45) is 6.57. The fourth-order valence-corrected chi connectivity index (χ4v) is 3.91. The van der Waals surface area contributed by atoms with E-state index in [4.69, 9.17) is 0 Å². The highest BCUT2D eigenvalue weighted by Crippen LogP contribution is 2.22. The largest absolute Gasteiger partial charge is 0.312 e. The fourth-order valence-electron chi connectivity index (χ4n) is 2.71. The van der Waals surface area contributed by atoms with Crippen LogP contribution in [0, 0.1) is 5.92 Å². The van der Waals surface area contributed by atoms with Crippen LogP contribution in [-0.4, -0.2) is 23.0 Å². The number of thioether (sulfide) groups is 1. The van der Waals surface area contributed by atoms with Gasteiger partial charge in [-0.3, -0.25) is 4.98 Å². The highest BCUT2D eigenvalue weighted by molar-refractivity contribution is 7.99. The Hall–Kier alpha value is -1.06. The van der Waals surface area contributed by atoms with E-state index in [1.165, 1.54) is 40.7 Å². The summed E-state index contributed by atoms with van der Waals surface area (Å²) in [5, 5.41) is 6.19. The number of benzene rings is 1. The van der Waals surface area contributed by atoms with Crippen molar-refractivity contribution in [2.75, 3.05) is 18.1 Å². The molecule has 0 unspecified atom stereocenters. The lowest BCUT2D eigenvalue weighted by Crippen LogP contribution is -2.25. The molecule has 3 heteroatoms. The summed E-state index contributed by atoms with van der Waals surface area (Å²) in [5.74, 6) is 3.55. The number of nitrogens with one attached hydrogen (secondary N) is 1. The van der Waals surface area contributed by atoms with E-state index in [1.807, 2.05) is 12.4 Å². The minimum absolute atomic E-state index is 0.873. The lowest BCUT2D eigenvalue weighted by molar-refractivity contribution is 0.448. The van der Waals surface area contributed by atoms with Crippen LogP contribution < -0.4 is 5.32 Å². The van der Waals surface area contributed by atoms with Crippen molar-refractivity contribution in [3.63, 3.8) is 0 Å². The van der Waals surface area contributed by atoms with Crippen molar-refractivity contribution < 1.29 is 0 Å². The first-order valence-corrected chi connectivity index (χ1v) is 8.19. The van der Waals surface area contributed by atoms with E-state index in [1.54, 1.807) is 0 Å². The Labute approximate surface area is 119 Å². The second kappa shape index (κ2) is 6.40. The van der Waals surface area contributed by atoms with Crippen LogP contribution in [0.2, 0.25) is 0 Å². The van der Waals surface area contributed by atoms with Gasteiger partial charge in [0.2, 0.25) is 0 Å². The lowest BCUT2D eigenvalue weighted by Gasteiger charge is -2.21. The average molecular weight is 272 g/mol. The molecule has 1 fully saturated rings. The molecule has 2 heterocycles. The summed E-state index contributed by atoms with van der Waals surface area (Å²) in [4.78, 5) is 4.18. The molecule has 1 saturated heterocycles. The van der Waals surface area contributed by atoms with Gasteiger partial charge in [0.25, 0.3) is 0 Å². The molecule has 2 nitrogen and oxygen atoms in total. The maximum absolute atomic E-state index is 4.18. The maximum atomic E-state index is 4.18. The van der Waals surface area contributed by atoms with E-state index in [0.717, 1.165) is 19.0 Å². The molecule has 2 aromatic rings. The number of nitrogens with zero attached hydrogens (tertiary/aromatic N) is 1. The van der Waals surface area contributed by atoms with E-state index in [9.17, 15) is 0 Å². The van der Waals surface area contributed by atoms with Crippen molar-refractivity contribution in [1.29, 1.82) is 0 Å². The molecule has 1 aromatic heterocycles. The number of hydrogen-bond acceptors (Lipinski definition) is 3. The highest BCUT2D eigenvalue weighted by Gasteiger charge is 2.12. The smallest absolute Gasteiger partial charge is 0.0346 e. The van der Waals surface area contributed by atoms with Gasteiger partial charge in [0.05, 0.1) is 0 Å². The van der Waals surface area contributed by atoms with Crippen molar-refractivity contribution in [2.24, 2.45) is 5.92 Å². The fraction of sp³-hybridized carbons (Fsp3) is 0.438. The molecule has 0 atom stereocenters. The highest BCUT2D eigenvalue weighted by atomic mass is 32.2. The number of hydrogen-bond donors (Lipinski definition) is 1. The molecule has 0 saturated carbocycles. The quantitative estimate of drug-likeness (QED) is 0.922. The summed E-state index contributed by atoms with van der Waals surface area (Å²) < 4.78 is 0. The molecule has 1 aromatic carbocycles. The van der Waals surface area contributed by atoms with Crippen LogP contribution in [0.25, 0.3) is 10.8 Å². The Bertz CT molecular complexity index is 530. The van der Waals surface area contributed by atoms with Gasteiger partial charge in [-0.1, -0.05) is 18.2 Å². The van der Waals surface area contributed by atoms with Gasteiger partial charge in [0, 0.05) is 24.3 Å². The third kappa shape index (κ3) is 3.28. The summed E-state index contributed by atoms with van der Waals surface area (Å²) in [5.41, 5.74) is 1.38. The van der Waals surface area contributed by atoms with Crippen LogP contribution in [0.4, 0.5) is 0 Å². The van der Waals surface area contributed by atoms with Gasteiger partial charge in [0.15, 0.2) is 0 Å². The molecule has 19 heavy (non-hydrogen) atoms. The summed E-state index contributed by atoms with van der Waals surface area (Å²) in [6, 6.07) is 8.58. The molecule has 0 amide bonds. The SMILES string of the molecule is c1cc(CNCC2CCSCC2)c2ccncc2c1. The van der Waals surface area contributed by atoms with Gasteiger partial charge >= 0.3 is 0 Å². The van der Waals surface area contributed by atoms with Gasteiger partial charge in [0.1, 0.15) is 0 Å². The number of rotatable bonds is 4. The van der Waals surface area contributed by atoms with Gasteiger partial charge in [-0.15, -0.1) is 0 Å². The van der Waals surface area contributed by atoms with Crippen LogP contribution in [0.15, 0.2) is 36.7 Å². The Morgan fingerprint density at radius 2 is 2.11 bits per heavy atom. The topological polar surface area (TPSA) is 24.9 Å². The monoisotopic (exact) mass is 272 g/mol. The van der Waals surface area contributed by atoms with Crippen molar-refractivity contribution in [2.45, 2.75) is 19.4 Å². The van der Waals surface area contributed by atoms with E-state index in [2.05, 4.69) is 46.3 Å². The first kappa shape index (κ1) is 12.9. The molecule has 100 valence electrons. The first-order chi connectivity index (χ1) is 9.43. The normalized spacial score (nSPS) is 16.8. The molecule has 1 N–H and O–H groups in total. The van der Waals surface area contributed by atoms with Crippen molar-refractivity contribution in [1.82, 2.24) is 10.3 Å². The second-order valence-electron chi connectivity index (χ2n) is 5.20. The van der Waals surface area contributed by atoms with E-state index in [-0.39, 0.29) is 0 Å². The third-order valence-corrected chi connectivity index (χ3v) is 4.91. The van der Waals surface area contributed by atoms with E-state index < -0.39 is 0 Å². The summed E-state index contributed by atoms with van der Waals surface area (Å²) >= 11 is 2.10. The Balaban J connectivity index is 1.62. The zero-order valence-electron chi connectivity index (χ0n) is 11.1. The molecule has 1 aliphatic rings. The molecular weight excluding hydrogens is 252 g/mol. The van der Waals surface area contributed by atoms with Gasteiger partial charge in [-0.05, 0) is 53.8 Å². The van der Waals surface area contributed by atoms with Crippen LogP contribution in [-0.2, 0) is 6.54 Å². The molecular formula is C16H20N2S. The predicted octanol–water partition coefficient (Wildman–Crippen LogP) is 3.47. The Morgan fingerprint density at radius 1 is 1.21 bits per heavy atom. The molecule has 0 bridgehead atoms. The molecule has 0 aliphatic carbocycles. The molecule has 0 radical (unpaired) electrons. The molecule has 3 rings (SSSR count). The predicted molar refractivity (Wildman–Crippen MR) is 83.5 cm³/mol. The summed E-state index contributed by atoms with van der Waals surface area (Å²) in [7, 11) is 0. The lowest BCUT2D eigenvalue weighted by atomic mass is 10.0. The van der Waals surface area contributed by atoms with Crippen molar-refractivity contribution in [3.8, 4) is 0 Å². The van der Waals surface area contributed by atoms with Gasteiger partial charge in [-0.25, -0.2) is 0 Å². The van der Waals surface area contributed by atoms with Gasteiger partial charge in [-0.2, -0.15) is 11.8 Å². The van der Waals surface area contributed by atoms with Crippen molar-refractivity contribution >= 4 is 22.5 Å². The number of fused-ring (bicyclic) bond motifs is 1. The summed E-state index contributed by atoms with van der Waals surface area (Å²) in [6.45, 7) is 2.12. The van der Waals surface area contributed by atoms with Gasteiger partial charge < -0.3 is 5.32 Å². The Kier molecular flexibility index (Phi) is 4.36. The molecule has 0 spiro atoms. The number of pyridine rings is 1. The standard InChI is InChI=1S/C16H20N2S/c1-2-14-11-17-7-4-16(14)15(3-1)12-18-10-13-5-8-19-9-6-13/h1-4,7,11,13,18H,5-6,8-10,12H2. The van der Waals surface area contributed by atoms with Crippen molar-refractivity contribution in [3.05, 3.63) is 42.2 Å². The third-order valence-electron chi connectivity index (χ3n) is 3.86. The van der Waals surface area contributed by atoms with Crippen LogP contribution in [0.5, 0.6) is 0 Å². The Morgan fingerprint density at radius 3 is 3.00 bits per heavy atom. The van der Waals surface area contributed by atoms with E-state index >= 15 is 0 Å². The second-order valence-corrected chi connectivity index (χ2v) is 6.43. The number of aromatic nitrogens is 1. The minimum atomic E-state index is 0.873. The van der Waals surface area contributed by atoms with Crippen LogP contribution >= 0.6 is 11.8 Å². The van der Waals surface area contributed by atoms with E-state index in [0.29, 0.717) is 0 Å². The first-order valence-electron chi connectivity index (χ1n) is 7.03.